The molecule has 4 heteroatoms. The van der Waals surface area contributed by atoms with Gasteiger partial charge in [-0.2, -0.15) is 0 Å². The van der Waals surface area contributed by atoms with Crippen LogP contribution in [0.5, 0.6) is 5.75 Å². The number of carboxylic acid groups (broad SMARTS) is 1. The molecule has 1 N–H and O–H groups in total. The van der Waals surface area contributed by atoms with Crippen molar-refractivity contribution in [3.05, 3.63) is 29.8 Å². The van der Waals surface area contributed by atoms with Crippen molar-refractivity contribution in [3.63, 3.8) is 0 Å². The zero-order valence-corrected chi connectivity index (χ0v) is 10.5. The molecular formula is C13H19NO3. The highest BCUT2D eigenvalue weighted by atomic mass is 16.5. The van der Waals surface area contributed by atoms with Crippen LogP contribution in [-0.2, 0) is 11.3 Å². The molecule has 94 valence electrons. The molecule has 0 aliphatic carbocycles. The van der Waals surface area contributed by atoms with Crippen molar-refractivity contribution in [2.24, 2.45) is 0 Å². The van der Waals surface area contributed by atoms with Crippen molar-refractivity contribution in [3.8, 4) is 5.75 Å². The van der Waals surface area contributed by atoms with E-state index in [2.05, 4.69) is 0 Å². The topological polar surface area (TPSA) is 49.8 Å². The number of ether oxygens (including phenoxy) is 1. The predicted octanol–water partition coefficient (Wildman–Crippen LogP) is 1.99. The maximum Gasteiger partial charge on any atom is 0.317 e. The zero-order valence-electron chi connectivity index (χ0n) is 10.5. The maximum absolute atomic E-state index is 10.5. The Bertz CT molecular complexity index is 377. The van der Waals surface area contributed by atoms with E-state index in [9.17, 15) is 4.79 Å². The summed E-state index contributed by atoms with van der Waals surface area (Å²) in [7, 11) is 1.78. The summed E-state index contributed by atoms with van der Waals surface area (Å²) < 4.78 is 5.58. The summed E-state index contributed by atoms with van der Waals surface area (Å²) >= 11 is 0. The fourth-order valence-corrected chi connectivity index (χ4v) is 1.59. The van der Waals surface area contributed by atoms with Crippen molar-refractivity contribution < 1.29 is 14.6 Å². The molecule has 0 atom stereocenters. The van der Waals surface area contributed by atoms with Gasteiger partial charge in [0.2, 0.25) is 0 Å². The first-order valence-corrected chi connectivity index (χ1v) is 5.63. The molecule has 0 bridgehead atoms. The van der Waals surface area contributed by atoms with Gasteiger partial charge < -0.3 is 9.84 Å². The van der Waals surface area contributed by atoms with E-state index in [0.717, 1.165) is 11.3 Å². The Morgan fingerprint density at radius 2 is 2.18 bits per heavy atom. The highest BCUT2D eigenvalue weighted by Gasteiger charge is 2.06. The molecule has 0 spiro atoms. The first-order chi connectivity index (χ1) is 7.97. The summed E-state index contributed by atoms with van der Waals surface area (Å²) in [5.41, 5.74) is 1.05. The minimum Gasteiger partial charge on any atom is -0.491 e. The first kappa shape index (κ1) is 13.5. The molecular weight excluding hydrogens is 218 g/mol. The van der Waals surface area contributed by atoms with Gasteiger partial charge in [-0.25, -0.2) is 0 Å². The fraction of sp³-hybridized carbons (Fsp3) is 0.462. The second-order valence-electron chi connectivity index (χ2n) is 4.38. The van der Waals surface area contributed by atoms with Crippen LogP contribution in [0.3, 0.4) is 0 Å². The van der Waals surface area contributed by atoms with E-state index in [0.29, 0.717) is 6.54 Å². The van der Waals surface area contributed by atoms with Crippen molar-refractivity contribution in [1.82, 2.24) is 4.90 Å². The minimum atomic E-state index is -0.818. The van der Waals surface area contributed by atoms with Gasteiger partial charge in [0.05, 0.1) is 12.6 Å². The maximum atomic E-state index is 10.5. The van der Waals surface area contributed by atoms with Crippen LogP contribution in [0.2, 0.25) is 0 Å². The molecule has 0 aliphatic rings. The van der Waals surface area contributed by atoms with Gasteiger partial charge in [0.25, 0.3) is 0 Å². The van der Waals surface area contributed by atoms with Crippen molar-refractivity contribution in [2.45, 2.75) is 26.5 Å². The molecule has 0 aromatic heterocycles. The summed E-state index contributed by atoms with van der Waals surface area (Å²) in [4.78, 5) is 12.3. The van der Waals surface area contributed by atoms with Crippen LogP contribution >= 0.6 is 0 Å². The molecule has 17 heavy (non-hydrogen) atoms. The van der Waals surface area contributed by atoms with Gasteiger partial charge in [-0.1, -0.05) is 12.1 Å². The van der Waals surface area contributed by atoms with Crippen LogP contribution in [0, 0.1) is 0 Å². The molecule has 0 radical (unpaired) electrons. The van der Waals surface area contributed by atoms with Gasteiger partial charge in [-0.15, -0.1) is 0 Å². The number of aliphatic carboxylic acids is 1. The Morgan fingerprint density at radius 1 is 1.47 bits per heavy atom. The Morgan fingerprint density at radius 3 is 2.76 bits per heavy atom. The highest BCUT2D eigenvalue weighted by Crippen LogP contribution is 2.15. The van der Waals surface area contributed by atoms with E-state index in [1.54, 1.807) is 11.9 Å². The molecule has 0 aliphatic heterocycles. The number of hydrogen-bond donors (Lipinski definition) is 1. The second-order valence-corrected chi connectivity index (χ2v) is 4.38. The average molecular weight is 237 g/mol. The Balaban J connectivity index is 2.62. The summed E-state index contributed by atoms with van der Waals surface area (Å²) in [5, 5.41) is 8.67. The molecule has 1 rings (SSSR count). The predicted molar refractivity (Wildman–Crippen MR) is 66.2 cm³/mol. The summed E-state index contributed by atoms with van der Waals surface area (Å²) in [6.45, 7) is 4.59. The van der Waals surface area contributed by atoms with Crippen LogP contribution in [0.1, 0.15) is 19.4 Å². The van der Waals surface area contributed by atoms with Crippen LogP contribution in [0.25, 0.3) is 0 Å². The van der Waals surface area contributed by atoms with E-state index in [1.807, 2.05) is 38.1 Å². The van der Waals surface area contributed by atoms with Crippen molar-refractivity contribution >= 4 is 5.97 Å². The summed E-state index contributed by atoms with van der Waals surface area (Å²) in [5.74, 6) is 0.00306. The standard InChI is InChI=1S/C13H19NO3/c1-10(2)17-12-6-4-5-11(7-12)8-14(3)9-13(15)16/h4-7,10H,8-9H2,1-3H3,(H,15,16). The Labute approximate surface area is 102 Å². The molecule has 0 saturated carbocycles. The SMILES string of the molecule is CC(C)Oc1cccc(CN(C)CC(=O)O)c1. The van der Waals surface area contributed by atoms with Crippen LogP contribution in [0.15, 0.2) is 24.3 Å². The van der Waals surface area contributed by atoms with Gasteiger partial charge in [0.1, 0.15) is 5.75 Å². The normalized spacial score (nSPS) is 10.9. The van der Waals surface area contributed by atoms with E-state index < -0.39 is 5.97 Å². The molecule has 4 nitrogen and oxygen atoms in total. The molecule has 0 amide bonds. The lowest BCUT2D eigenvalue weighted by Gasteiger charge is -2.15. The third-order valence-corrected chi connectivity index (χ3v) is 2.13. The summed E-state index contributed by atoms with van der Waals surface area (Å²) in [6, 6.07) is 7.73. The van der Waals surface area contributed by atoms with Gasteiger partial charge in [-0.05, 0) is 38.6 Å². The first-order valence-electron chi connectivity index (χ1n) is 5.63. The zero-order chi connectivity index (χ0) is 12.8. The lowest BCUT2D eigenvalue weighted by molar-refractivity contribution is -0.138. The molecule has 0 heterocycles. The quantitative estimate of drug-likeness (QED) is 0.822. The second kappa shape index (κ2) is 6.25. The van der Waals surface area contributed by atoms with E-state index >= 15 is 0 Å². The van der Waals surface area contributed by atoms with E-state index in [4.69, 9.17) is 9.84 Å². The molecule has 0 saturated heterocycles. The third kappa shape index (κ3) is 5.36. The Kier molecular flexibility index (Phi) is 4.97. The monoisotopic (exact) mass is 237 g/mol. The van der Waals surface area contributed by atoms with Crippen LogP contribution < -0.4 is 4.74 Å². The van der Waals surface area contributed by atoms with Gasteiger partial charge >= 0.3 is 5.97 Å². The average Bonchev–Trinajstić information content (AvgIpc) is 2.14. The number of hydrogen-bond acceptors (Lipinski definition) is 3. The number of nitrogens with zero attached hydrogens (tertiary/aromatic N) is 1. The van der Waals surface area contributed by atoms with Crippen molar-refractivity contribution in [2.75, 3.05) is 13.6 Å². The van der Waals surface area contributed by atoms with Crippen LogP contribution in [0.4, 0.5) is 0 Å². The molecule has 0 unspecified atom stereocenters. The smallest absolute Gasteiger partial charge is 0.317 e. The number of carbonyl (C=O) groups is 1. The number of benzene rings is 1. The van der Waals surface area contributed by atoms with Gasteiger partial charge in [0.15, 0.2) is 0 Å². The van der Waals surface area contributed by atoms with Gasteiger partial charge in [-0.3, -0.25) is 9.69 Å². The molecule has 1 aromatic carbocycles. The highest BCUT2D eigenvalue weighted by molar-refractivity contribution is 5.69. The number of rotatable bonds is 6. The van der Waals surface area contributed by atoms with Gasteiger partial charge in [0, 0.05) is 6.54 Å². The van der Waals surface area contributed by atoms with E-state index in [-0.39, 0.29) is 12.6 Å². The Hall–Kier alpha value is -1.55. The molecule has 1 aromatic rings. The lowest BCUT2D eigenvalue weighted by Crippen LogP contribution is -2.25. The van der Waals surface area contributed by atoms with E-state index in [1.165, 1.54) is 0 Å². The van der Waals surface area contributed by atoms with Crippen molar-refractivity contribution in [1.29, 1.82) is 0 Å². The molecule has 0 fully saturated rings. The largest absolute Gasteiger partial charge is 0.491 e. The minimum absolute atomic E-state index is 0.0370. The number of carboxylic acids is 1. The fourth-order valence-electron chi connectivity index (χ4n) is 1.59. The van der Waals surface area contributed by atoms with Crippen LogP contribution in [-0.4, -0.2) is 35.7 Å². The summed E-state index contributed by atoms with van der Waals surface area (Å²) in [6.07, 6.45) is 0.141. The lowest BCUT2D eigenvalue weighted by atomic mass is 10.2. The third-order valence-electron chi connectivity index (χ3n) is 2.13. The number of likely N-dealkylation sites (N-methyl/N-ethyl adjacent to an activating group) is 1.